The molecule has 1 N–H and O–H groups in total. The van der Waals surface area contributed by atoms with Crippen molar-refractivity contribution in [1.82, 2.24) is 5.06 Å². The zero-order valence-electron chi connectivity index (χ0n) is 19.4. The molecular formula is C22H49N3O+2. The Kier molecular flexibility index (Phi) is 8.17. The van der Waals surface area contributed by atoms with Crippen molar-refractivity contribution in [3.8, 4) is 0 Å². The highest BCUT2D eigenvalue weighted by molar-refractivity contribution is 5.03. The van der Waals surface area contributed by atoms with Crippen LogP contribution in [0.1, 0.15) is 80.1 Å². The number of piperidine rings is 1. The average molecular weight is 372 g/mol. The van der Waals surface area contributed by atoms with Crippen molar-refractivity contribution in [2.75, 3.05) is 47.3 Å². The molecule has 1 fully saturated rings. The maximum absolute atomic E-state index is 11.3. The number of nitrogens with zero attached hydrogens (tertiary/aromatic N) is 3. The quantitative estimate of drug-likeness (QED) is 0.571. The number of rotatable bonds is 10. The first kappa shape index (κ1) is 23.9. The van der Waals surface area contributed by atoms with Crippen molar-refractivity contribution in [3.63, 3.8) is 0 Å². The molecule has 0 saturated carbocycles. The summed E-state index contributed by atoms with van der Waals surface area (Å²) >= 11 is 0. The predicted molar refractivity (Wildman–Crippen MR) is 112 cm³/mol. The summed E-state index contributed by atoms with van der Waals surface area (Å²) in [6.07, 6.45) is 6.36. The molecule has 26 heavy (non-hydrogen) atoms. The second kappa shape index (κ2) is 8.89. The molecule has 0 bridgehead atoms. The first-order chi connectivity index (χ1) is 12.0. The molecule has 1 heterocycles. The topological polar surface area (TPSA) is 23.5 Å². The van der Waals surface area contributed by atoms with Crippen LogP contribution in [-0.4, -0.2) is 83.7 Å². The van der Waals surface area contributed by atoms with Gasteiger partial charge in [-0.1, -0.05) is 27.7 Å². The van der Waals surface area contributed by atoms with E-state index in [2.05, 4.69) is 62.7 Å². The molecule has 0 aromatic rings. The number of likely N-dealkylation sites (N-methyl/N-ethyl adjacent to an activating group) is 2. The summed E-state index contributed by atoms with van der Waals surface area (Å²) in [5.41, 5.74) is -0.140. The van der Waals surface area contributed by atoms with Crippen LogP contribution in [0.25, 0.3) is 0 Å². The lowest BCUT2D eigenvalue weighted by atomic mass is 9.70. The Bertz CT molecular complexity index is 396. The Labute approximate surface area is 164 Å². The van der Waals surface area contributed by atoms with E-state index in [4.69, 9.17) is 0 Å². The fraction of sp³-hybridized carbons (Fsp3) is 1.00. The van der Waals surface area contributed by atoms with E-state index in [-0.39, 0.29) is 11.1 Å². The molecule has 0 spiro atoms. The van der Waals surface area contributed by atoms with Gasteiger partial charge in [0.25, 0.3) is 0 Å². The lowest BCUT2D eigenvalue weighted by molar-refractivity contribution is -0.977. The Hall–Kier alpha value is -0.160. The van der Waals surface area contributed by atoms with Crippen LogP contribution in [0.2, 0.25) is 0 Å². The van der Waals surface area contributed by atoms with E-state index in [1.165, 1.54) is 30.7 Å². The molecule has 0 aliphatic carbocycles. The van der Waals surface area contributed by atoms with Gasteiger partial charge in [0.2, 0.25) is 0 Å². The monoisotopic (exact) mass is 371 g/mol. The predicted octanol–water partition coefficient (Wildman–Crippen LogP) is 4.52. The zero-order chi connectivity index (χ0) is 20.2. The van der Waals surface area contributed by atoms with Gasteiger partial charge in [0, 0.05) is 12.8 Å². The first-order valence-electron chi connectivity index (χ1n) is 11.2. The maximum Gasteiger partial charge on any atom is 0.129 e. The lowest BCUT2D eigenvalue weighted by Crippen LogP contribution is -2.71. The van der Waals surface area contributed by atoms with Crippen molar-refractivity contribution in [2.45, 2.75) is 97.2 Å². The van der Waals surface area contributed by atoms with Crippen LogP contribution in [0.15, 0.2) is 0 Å². The average Bonchev–Trinajstić information content (AvgIpc) is 2.63. The van der Waals surface area contributed by atoms with Gasteiger partial charge in [-0.15, -0.1) is 0 Å². The van der Waals surface area contributed by atoms with E-state index in [9.17, 15) is 5.21 Å². The molecule has 0 amide bonds. The van der Waals surface area contributed by atoms with Gasteiger partial charge in [-0.05, 0) is 39.5 Å². The standard InChI is InChI=1S/C22H49N3O/c1-10-21(11-2)18-20(19-22(12-3,13-4)23(21)26)25(14-5,15-6)17-16-24(7,8)9/h20,26H,10-19H2,1-9H3/q+2. The Balaban J connectivity index is 3.33. The largest absolute Gasteiger partial charge is 0.326 e. The summed E-state index contributed by atoms with van der Waals surface area (Å²) in [7, 11) is 6.92. The molecule has 0 unspecified atom stereocenters. The van der Waals surface area contributed by atoms with Crippen LogP contribution >= 0.6 is 0 Å². The van der Waals surface area contributed by atoms with Crippen LogP contribution in [0.5, 0.6) is 0 Å². The van der Waals surface area contributed by atoms with E-state index in [0.29, 0.717) is 6.04 Å². The summed E-state index contributed by atoms with van der Waals surface area (Å²) in [4.78, 5) is 0. The zero-order valence-corrected chi connectivity index (χ0v) is 19.4. The number of hydrogen-bond acceptors (Lipinski definition) is 2. The van der Waals surface area contributed by atoms with Gasteiger partial charge < -0.3 is 14.2 Å². The minimum atomic E-state index is -0.0701. The van der Waals surface area contributed by atoms with Crippen LogP contribution in [-0.2, 0) is 0 Å². The van der Waals surface area contributed by atoms with Crippen LogP contribution in [0, 0.1) is 0 Å². The van der Waals surface area contributed by atoms with Crippen LogP contribution in [0.4, 0.5) is 0 Å². The molecule has 0 aromatic carbocycles. The molecule has 0 aromatic heterocycles. The van der Waals surface area contributed by atoms with E-state index < -0.39 is 0 Å². The molecule has 1 aliphatic heterocycles. The molecular weight excluding hydrogens is 322 g/mol. The molecule has 156 valence electrons. The van der Waals surface area contributed by atoms with E-state index in [1.54, 1.807) is 0 Å². The highest BCUT2D eigenvalue weighted by Crippen LogP contribution is 2.47. The van der Waals surface area contributed by atoms with Crippen molar-refractivity contribution >= 4 is 0 Å². The third kappa shape index (κ3) is 4.45. The van der Waals surface area contributed by atoms with Crippen molar-refractivity contribution in [2.24, 2.45) is 0 Å². The van der Waals surface area contributed by atoms with E-state index >= 15 is 0 Å². The molecule has 4 heteroatoms. The van der Waals surface area contributed by atoms with Crippen molar-refractivity contribution < 1.29 is 14.2 Å². The second-order valence-corrected chi connectivity index (χ2v) is 9.83. The van der Waals surface area contributed by atoms with Crippen molar-refractivity contribution in [1.29, 1.82) is 0 Å². The number of quaternary nitrogens is 2. The molecule has 1 rings (SSSR count). The van der Waals surface area contributed by atoms with E-state index in [1.807, 2.05) is 5.06 Å². The smallest absolute Gasteiger partial charge is 0.129 e. The molecule has 1 aliphatic rings. The highest BCUT2D eigenvalue weighted by Gasteiger charge is 2.56. The van der Waals surface area contributed by atoms with Gasteiger partial charge in [-0.2, -0.15) is 5.06 Å². The Morgan fingerprint density at radius 2 is 1.15 bits per heavy atom. The Morgan fingerprint density at radius 1 is 0.769 bits per heavy atom. The van der Waals surface area contributed by atoms with Gasteiger partial charge in [-0.3, -0.25) is 0 Å². The lowest BCUT2D eigenvalue weighted by Gasteiger charge is -2.60. The molecule has 0 radical (unpaired) electrons. The van der Waals surface area contributed by atoms with Crippen LogP contribution < -0.4 is 0 Å². The molecule has 1 saturated heterocycles. The highest BCUT2D eigenvalue weighted by atomic mass is 16.5. The van der Waals surface area contributed by atoms with E-state index in [0.717, 1.165) is 43.0 Å². The molecule has 4 nitrogen and oxygen atoms in total. The maximum atomic E-state index is 11.3. The second-order valence-electron chi connectivity index (χ2n) is 9.83. The fourth-order valence-electron chi connectivity index (χ4n) is 5.43. The minimum absolute atomic E-state index is 0.0701. The fourth-order valence-corrected chi connectivity index (χ4v) is 5.43. The summed E-state index contributed by atoms with van der Waals surface area (Å²) in [6, 6.07) is 0.639. The van der Waals surface area contributed by atoms with Gasteiger partial charge >= 0.3 is 0 Å². The van der Waals surface area contributed by atoms with Gasteiger partial charge in [0.15, 0.2) is 0 Å². The number of hydrogen-bond donors (Lipinski definition) is 1. The number of hydroxylamine groups is 2. The summed E-state index contributed by atoms with van der Waals surface area (Å²) in [5.74, 6) is 0. The first-order valence-corrected chi connectivity index (χ1v) is 11.2. The SMILES string of the molecule is CCC1(CC)CC([N+](CC)(CC)CC[N+](C)(C)C)CC(CC)(CC)N1O. The summed E-state index contributed by atoms with van der Waals surface area (Å²) in [5, 5.41) is 13.2. The third-order valence-corrected chi connectivity index (χ3v) is 8.01. The normalized spacial score (nSPS) is 21.9. The van der Waals surface area contributed by atoms with Gasteiger partial charge in [0.1, 0.15) is 13.1 Å². The third-order valence-electron chi connectivity index (χ3n) is 8.01. The van der Waals surface area contributed by atoms with Crippen LogP contribution in [0.3, 0.4) is 0 Å². The van der Waals surface area contributed by atoms with Gasteiger partial charge in [0.05, 0.1) is 51.4 Å². The van der Waals surface area contributed by atoms with Crippen molar-refractivity contribution in [3.05, 3.63) is 0 Å². The summed E-state index contributed by atoms with van der Waals surface area (Å²) < 4.78 is 2.23. The Morgan fingerprint density at radius 3 is 1.42 bits per heavy atom. The molecule has 0 atom stereocenters. The summed E-state index contributed by atoms with van der Waals surface area (Å²) in [6.45, 7) is 18.7. The minimum Gasteiger partial charge on any atom is -0.326 e. The van der Waals surface area contributed by atoms with Gasteiger partial charge in [-0.25, -0.2) is 0 Å².